The first-order valence-corrected chi connectivity index (χ1v) is 7.47. The van der Waals surface area contributed by atoms with E-state index in [1.807, 2.05) is 11.8 Å². The third-order valence-corrected chi connectivity index (χ3v) is 5.08. The van der Waals surface area contributed by atoms with Crippen molar-refractivity contribution in [2.45, 2.75) is 49.8 Å². The van der Waals surface area contributed by atoms with Gasteiger partial charge in [0.2, 0.25) is 5.91 Å². The fourth-order valence-corrected chi connectivity index (χ4v) is 3.87. The van der Waals surface area contributed by atoms with E-state index in [1.165, 1.54) is 25.0 Å². The quantitative estimate of drug-likeness (QED) is 0.789. The molecule has 16 heavy (non-hydrogen) atoms. The van der Waals surface area contributed by atoms with Crippen LogP contribution in [0.25, 0.3) is 0 Å². The molecule has 1 aliphatic carbocycles. The summed E-state index contributed by atoms with van der Waals surface area (Å²) in [7, 11) is 0. The topological polar surface area (TPSA) is 55.1 Å². The highest BCUT2D eigenvalue weighted by molar-refractivity contribution is 7.99. The highest BCUT2D eigenvalue weighted by Gasteiger charge is 2.30. The van der Waals surface area contributed by atoms with Crippen LogP contribution in [0.15, 0.2) is 0 Å². The van der Waals surface area contributed by atoms with Crippen LogP contribution < -0.4 is 11.1 Å². The number of amides is 1. The van der Waals surface area contributed by atoms with E-state index in [0.29, 0.717) is 5.25 Å². The number of rotatable bonds is 3. The zero-order valence-corrected chi connectivity index (χ0v) is 10.6. The van der Waals surface area contributed by atoms with Crippen molar-refractivity contribution < 1.29 is 4.79 Å². The Morgan fingerprint density at radius 2 is 2.12 bits per heavy atom. The minimum Gasteiger partial charge on any atom is -0.355 e. The van der Waals surface area contributed by atoms with Crippen molar-refractivity contribution in [1.82, 2.24) is 5.32 Å². The molecule has 2 aliphatic rings. The number of nitrogens with two attached hydrogens (primary N) is 1. The molecular formula is C12H22N2OS. The summed E-state index contributed by atoms with van der Waals surface area (Å²) in [4.78, 5) is 11.9. The van der Waals surface area contributed by atoms with E-state index in [2.05, 4.69) is 5.32 Å². The minimum absolute atomic E-state index is 0.0774. The Morgan fingerprint density at radius 3 is 2.75 bits per heavy atom. The molecule has 1 aliphatic heterocycles. The lowest BCUT2D eigenvalue weighted by Gasteiger charge is -2.23. The van der Waals surface area contributed by atoms with Crippen LogP contribution in [0.1, 0.15) is 38.5 Å². The fraction of sp³-hybridized carbons (Fsp3) is 0.917. The van der Waals surface area contributed by atoms with Crippen molar-refractivity contribution in [3.63, 3.8) is 0 Å². The first-order chi connectivity index (χ1) is 7.77. The number of thioether (sulfide) groups is 1. The van der Waals surface area contributed by atoms with Crippen molar-refractivity contribution in [3.05, 3.63) is 0 Å². The van der Waals surface area contributed by atoms with Gasteiger partial charge in [0.1, 0.15) is 0 Å². The van der Waals surface area contributed by atoms with E-state index in [0.717, 1.165) is 25.8 Å². The summed E-state index contributed by atoms with van der Waals surface area (Å²) in [5.41, 5.74) is 5.92. The normalized spacial score (nSPS) is 34.9. The van der Waals surface area contributed by atoms with Crippen LogP contribution in [0, 0.1) is 5.92 Å². The molecule has 92 valence electrons. The smallest absolute Gasteiger partial charge is 0.224 e. The summed E-state index contributed by atoms with van der Waals surface area (Å²) in [6, 6.07) is 0.0963. The molecule has 3 atom stereocenters. The van der Waals surface area contributed by atoms with Gasteiger partial charge in [-0.3, -0.25) is 4.79 Å². The zero-order valence-electron chi connectivity index (χ0n) is 9.78. The van der Waals surface area contributed by atoms with Crippen molar-refractivity contribution in [2.24, 2.45) is 11.7 Å². The van der Waals surface area contributed by atoms with Gasteiger partial charge in [-0.05, 0) is 31.4 Å². The highest BCUT2D eigenvalue weighted by atomic mass is 32.2. The zero-order chi connectivity index (χ0) is 11.4. The third kappa shape index (κ3) is 3.14. The van der Waals surface area contributed by atoms with Crippen LogP contribution >= 0.6 is 11.8 Å². The standard InChI is InChI=1S/C12H22N2OS/c13-11-6-3-5-10(11)12(15)14-8-9-4-1-2-7-16-9/h9-11H,1-8,13H2,(H,14,15). The lowest BCUT2D eigenvalue weighted by atomic mass is 10.0. The van der Waals surface area contributed by atoms with Crippen molar-refractivity contribution in [2.75, 3.05) is 12.3 Å². The fourth-order valence-electron chi connectivity index (χ4n) is 2.63. The molecule has 3 unspecified atom stereocenters. The molecular weight excluding hydrogens is 220 g/mol. The van der Waals surface area contributed by atoms with Crippen LogP contribution in [0.4, 0.5) is 0 Å². The predicted octanol–water partition coefficient (Wildman–Crippen LogP) is 1.52. The Balaban J connectivity index is 1.70. The van der Waals surface area contributed by atoms with Crippen molar-refractivity contribution in [1.29, 1.82) is 0 Å². The largest absolute Gasteiger partial charge is 0.355 e. The first kappa shape index (κ1) is 12.2. The summed E-state index contributed by atoms with van der Waals surface area (Å²) in [6.45, 7) is 0.840. The van der Waals surface area contributed by atoms with Crippen molar-refractivity contribution in [3.8, 4) is 0 Å². The van der Waals surface area contributed by atoms with Crippen LogP contribution in [0.5, 0.6) is 0 Å². The average molecular weight is 242 g/mol. The first-order valence-electron chi connectivity index (χ1n) is 6.42. The Morgan fingerprint density at radius 1 is 1.25 bits per heavy atom. The molecule has 2 rings (SSSR count). The molecule has 0 radical (unpaired) electrons. The Kier molecular flexibility index (Phi) is 4.53. The van der Waals surface area contributed by atoms with Crippen molar-refractivity contribution >= 4 is 17.7 Å². The van der Waals surface area contributed by atoms with E-state index >= 15 is 0 Å². The molecule has 3 nitrogen and oxygen atoms in total. The minimum atomic E-state index is 0.0774. The average Bonchev–Trinajstić information content (AvgIpc) is 2.74. The summed E-state index contributed by atoms with van der Waals surface area (Å²) in [5.74, 6) is 1.52. The van der Waals surface area contributed by atoms with Gasteiger partial charge in [0.15, 0.2) is 0 Å². The Hall–Kier alpha value is -0.220. The predicted molar refractivity (Wildman–Crippen MR) is 68.4 cm³/mol. The maximum atomic E-state index is 11.9. The van der Waals surface area contributed by atoms with Gasteiger partial charge in [0, 0.05) is 17.8 Å². The second kappa shape index (κ2) is 5.92. The van der Waals surface area contributed by atoms with Gasteiger partial charge in [-0.25, -0.2) is 0 Å². The van der Waals surface area contributed by atoms with E-state index < -0.39 is 0 Å². The monoisotopic (exact) mass is 242 g/mol. The molecule has 0 aromatic heterocycles. The molecule has 2 fully saturated rings. The third-order valence-electron chi connectivity index (χ3n) is 3.68. The second-order valence-corrected chi connectivity index (χ2v) is 6.34. The van der Waals surface area contributed by atoms with Gasteiger partial charge >= 0.3 is 0 Å². The van der Waals surface area contributed by atoms with Gasteiger partial charge in [0.05, 0.1) is 5.92 Å². The molecule has 1 saturated carbocycles. The number of carbonyl (C=O) groups excluding carboxylic acids is 1. The molecule has 0 spiro atoms. The lowest BCUT2D eigenvalue weighted by molar-refractivity contribution is -0.125. The van der Waals surface area contributed by atoms with E-state index in [1.54, 1.807) is 0 Å². The maximum Gasteiger partial charge on any atom is 0.224 e. The molecule has 1 amide bonds. The SMILES string of the molecule is NC1CCCC1C(=O)NCC1CCCCS1. The van der Waals surface area contributed by atoms with E-state index in [-0.39, 0.29) is 17.9 Å². The number of hydrogen-bond donors (Lipinski definition) is 2. The van der Waals surface area contributed by atoms with Crippen LogP contribution in [0.2, 0.25) is 0 Å². The number of carbonyl (C=O) groups is 1. The molecule has 0 aromatic rings. The van der Waals surface area contributed by atoms with Gasteiger partial charge in [0.25, 0.3) is 0 Å². The highest BCUT2D eigenvalue weighted by Crippen LogP contribution is 2.26. The van der Waals surface area contributed by atoms with Crippen LogP contribution in [-0.4, -0.2) is 29.5 Å². The van der Waals surface area contributed by atoms with Gasteiger partial charge < -0.3 is 11.1 Å². The molecule has 3 N–H and O–H groups in total. The maximum absolute atomic E-state index is 11.9. The second-order valence-electron chi connectivity index (χ2n) is 4.93. The molecule has 0 bridgehead atoms. The van der Waals surface area contributed by atoms with Gasteiger partial charge in [-0.2, -0.15) is 11.8 Å². The Bertz CT molecular complexity index is 241. The summed E-state index contributed by atoms with van der Waals surface area (Å²) < 4.78 is 0. The number of nitrogens with one attached hydrogen (secondary N) is 1. The van der Waals surface area contributed by atoms with Gasteiger partial charge in [-0.1, -0.05) is 12.8 Å². The number of hydrogen-bond acceptors (Lipinski definition) is 3. The van der Waals surface area contributed by atoms with Gasteiger partial charge in [-0.15, -0.1) is 0 Å². The summed E-state index contributed by atoms with van der Waals surface area (Å²) >= 11 is 2.00. The summed E-state index contributed by atoms with van der Waals surface area (Å²) in [6.07, 6.45) is 7.00. The van der Waals surface area contributed by atoms with E-state index in [4.69, 9.17) is 5.73 Å². The molecule has 1 heterocycles. The van der Waals surface area contributed by atoms with Crippen LogP contribution in [-0.2, 0) is 4.79 Å². The summed E-state index contributed by atoms with van der Waals surface area (Å²) in [5, 5.41) is 3.72. The Labute approximate surface area is 102 Å². The molecule has 1 saturated heterocycles. The molecule has 4 heteroatoms. The molecule has 0 aromatic carbocycles. The lowest BCUT2D eigenvalue weighted by Crippen LogP contribution is -2.41. The van der Waals surface area contributed by atoms with Crippen LogP contribution in [0.3, 0.4) is 0 Å². The van der Waals surface area contributed by atoms with E-state index in [9.17, 15) is 4.79 Å².